The van der Waals surface area contributed by atoms with Gasteiger partial charge in [0.2, 0.25) is 0 Å². The first-order chi connectivity index (χ1) is 7.72. The predicted octanol–water partition coefficient (Wildman–Crippen LogP) is 3.07. The van der Waals surface area contributed by atoms with Crippen LogP contribution in [-0.2, 0) is 4.74 Å². The van der Waals surface area contributed by atoms with Crippen molar-refractivity contribution in [3.05, 3.63) is 0 Å². The van der Waals surface area contributed by atoms with Crippen molar-refractivity contribution in [2.24, 2.45) is 17.8 Å². The normalized spacial score (nSPS) is 27.9. The van der Waals surface area contributed by atoms with Crippen molar-refractivity contribution in [1.82, 2.24) is 5.32 Å². The summed E-state index contributed by atoms with van der Waals surface area (Å²) >= 11 is 0. The van der Waals surface area contributed by atoms with Gasteiger partial charge in [0.05, 0.1) is 0 Å². The molecule has 3 unspecified atom stereocenters. The van der Waals surface area contributed by atoms with Crippen molar-refractivity contribution >= 4 is 0 Å². The molecule has 1 fully saturated rings. The third-order valence-electron chi connectivity index (χ3n) is 3.72. The van der Waals surface area contributed by atoms with Gasteiger partial charge < -0.3 is 10.1 Å². The number of hydrogen-bond donors (Lipinski definition) is 1. The fourth-order valence-electron chi connectivity index (χ4n) is 2.82. The molecular formula is C14H29NO. The monoisotopic (exact) mass is 227 g/mol. The molecule has 0 saturated heterocycles. The maximum atomic E-state index is 5.12. The fraction of sp³-hybridized carbons (Fsp3) is 1.00. The zero-order chi connectivity index (χ0) is 11.8. The molecule has 0 aromatic rings. The average molecular weight is 227 g/mol. The summed E-state index contributed by atoms with van der Waals surface area (Å²) in [6.07, 6.45) is 7.18. The van der Waals surface area contributed by atoms with Crippen LogP contribution in [0.5, 0.6) is 0 Å². The van der Waals surface area contributed by atoms with Gasteiger partial charge in [-0.1, -0.05) is 33.1 Å². The summed E-state index contributed by atoms with van der Waals surface area (Å²) in [5.74, 6) is 2.58. The van der Waals surface area contributed by atoms with Crippen LogP contribution < -0.4 is 5.32 Å². The smallest absolute Gasteiger partial charge is 0.0499 e. The molecule has 16 heavy (non-hydrogen) atoms. The van der Waals surface area contributed by atoms with Gasteiger partial charge in [0.25, 0.3) is 0 Å². The van der Waals surface area contributed by atoms with Crippen molar-refractivity contribution < 1.29 is 4.74 Å². The topological polar surface area (TPSA) is 21.3 Å². The van der Waals surface area contributed by atoms with Crippen molar-refractivity contribution in [3.63, 3.8) is 0 Å². The summed E-state index contributed by atoms with van der Waals surface area (Å²) in [4.78, 5) is 0. The Bertz CT molecular complexity index is 172. The van der Waals surface area contributed by atoms with Crippen LogP contribution in [0, 0.1) is 17.8 Å². The molecule has 2 heteroatoms. The van der Waals surface area contributed by atoms with E-state index >= 15 is 0 Å². The van der Waals surface area contributed by atoms with Crippen LogP contribution in [0.4, 0.5) is 0 Å². The van der Waals surface area contributed by atoms with Gasteiger partial charge in [-0.15, -0.1) is 0 Å². The Balaban J connectivity index is 1.98. The van der Waals surface area contributed by atoms with Crippen molar-refractivity contribution in [2.75, 3.05) is 26.8 Å². The molecule has 1 N–H and O–H groups in total. The Labute approximate surface area is 101 Å². The molecule has 3 atom stereocenters. The lowest BCUT2D eigenvalue weighted by atomic mass is 9.81. The number of ether oxygens (including phenoxy) is 1. The summed E-state index contributed by atoms with van der Waals surface area (Å²) in [5, 5.41) is 3.55. The molecular weight excluding hydrogens is 198 g/mol. The predicted molar refractivity (Wildman–Crippen MR) is 69.6 cm³/mol. The maximum absolute atomic E-state index is 5.12. The molecule has 0 aromatic carbocycles. The molecule has 1 aliphatic rings. The van der Waals surface area contributed by atoms with E-state index in [1.807, 2.05) is 0 Å². The van der Waals surface area contributed by atoms with E-state index in [2.05, 4.69) is 19.2 Å². The molecule has 0 radical (unpaired) electrons. The molecule has 0 amide bonds. The van der Waals surface area contributed by atoms with E-state index < -0.39 is 0 Å². The highest BCUT2D eigenvalue weighted by molar-refractivity contribution is 4.71. The molecule has 1 aliphatic carbocycles. The highest BCUT2D eigenvalue weighted by atomic mass is 16.5. The molecule has 0 heterocycles. The fourth-order valence-corrected chi connectivity index (χ4v) is 2.82. The summed E-state index contributed by atoms with van der Waals surface area (Å²) < 4.78 is 5.12. The van der Waals surface area contributed by atoms with Gasteiger partial charge in [0.1, 0.15) is 0 Å². The molecule has 0 bridgehead atoms. The van der Waals surface area contributed by atoms with E-state index in [1.165, 1.54) is 38.6 Å². The molecule has 0 spiro atoms. The van der Waals surface area contributed by atoms with Crippen molar-refractivity contribution in [1.29, 1.82) is 0 Å². The van der Waals surface area contributed by atoms with Gasteiger partial charge in [-0.25, -0.2) is 0 Å². The van der Waals surface area contributed by atoms with Crippen molar-refractivity contribution in [2.45, 2.75) is 46.0 Å². The quantitative estimate of drug-likeness (QED) is 0.675. The number of nitrogens with one attached hydrogen (secondary N) is 1. The van der Waals surface area contributed by atoms with Crippen molar-refractivity contribution in [3.8, 4) is 0 Å². The second-order valence-electron chi connectivity index (χ2n) is 5.69. The molecule has 0 aromatic heterocycles. The first kappa shape index (κ1) is 14.0. The maximum Gasteiger partial charge on any atom is 0.0499 e. The van der Waals surface area contributed by atoms with Gasteiger partial charge in [-0.05, 0) is 43.7 Å². The lowest BCUT2D eigenvalue weighted by Gasteiger charge is -2.26. The third-order valence-corrected chi connectivity index (χ3v) is 3.72. The summed E-state index contributed by atoms with van der Waals surface area (Å²) in [7, 11) is 1.78. The summed E-state index contributed by atoms with van der Waals surface area (Å²) in [6, 6.07) is 0. The second kappa shape index (κ2) is 8.08. The minimum atomic E-state index is 0.635. The van der Waals surface area contributed by atoms with Gasteiger partial charge in [-0.3, -0.25) is 0 Å². The SMILES string of the molecule is COCC(C)CNCCC1CCCC(C)C1. The lowest BCUT2D eigenvalue weighted by Crippen LogP contribution is -2.27. The Hall–Kier alpha value is -0.0800. The first-order valence-corrected chi connectivity index (χ1v) is 6.92. The summed E-state index contributed by atoms with van der Waals surface area (Å²) in [6.45, 7) is 7.79. The van der Waals surface area contributed by atoms with Crippen LogP contribution in [0.25, 0.3) is 0 Å². The molecule has 1 saturated carbocycles. The number of rotatable bonds is 7. The van der Waals surface area contributed by atoms with Crippen LogP contribution in [0.3, 0.4) is 0 Å². The van der Waals surface area contributed by atoms with E-state index in [1.54, 1.807) is 7.11 Å². The minimum Gasteiger partial charge on any atom is -0.384 e. The zero-order valence-corrected chi connectivity index (χ0v) is 11.3. The number of hydrogen-bond acceptors (Lipinski definition) is 2. The van der Waals surface area contributed by atoms with Crippen LogP contribution in [-0.4, -0.2) is 26.8 Å². The summed E-state index contributed by atoms with van der Waals surface area (Å²) in [5.41, 5.74) is 0. The molecule has 96 valence electrons. The van der Waals surface area contributed by atoms with Gasteiger partial charge in [0, 0.05) is 13.7 Å². The van der Waals surface area contributed by atoms with E-state index in [0.717, 1.165) is 25.0 Å². The Morgan fingerprint density at radius 1 is 1.38 bits per heavy atom. The van der Waals surface area contributed by atoms with Gasteiger partial charge in [0.15, 0.2) is 0 Å². The largest absolute Gasteiger partial charge is 0.384 e. The highest BCUT2D eigenvalue weighted by Crippen LogP contribution is 2.30. The Morgan fingerprint density at radius 2 is 2.19 bits per heavy atom. The average Bonchev–Trinajstić information content (AvgIpc) is 2.25. The van der Waals surface area contributed by atoms with E-state index in [0.29, 0.717) is 5.92 Å². The van der Waals surface area contributed by atoms with Crippen LogP contribution >= 0.6 is 0 Å². The number of methoxy groups -OCH3 is 1. The third kappa shape index (κ3) is 5.86. The zero-order valence-electron chi connectivity index (χ0n) is 11.3. The van der Waals surface area contributed by atoms with E-state index in [9.17, 15) is 0 Å². The molecule has 2 nitrogen and oxygen atoms in total. The standard InChI is InChI=1S/C14H29NO/c1-12-5-4-6-14(9-12)7-8-15-10-13(2)11-16-3/h12-15H,4-11H2,1-3H3. The van der Waals surface area contributed by atoms with Crippen LogP contribution in [0.15, 0.2) is 0 Å². The Morgan fingerprint density at radius 3 is 2.88 bits per heavy atom. The van der Waals surface area contributed by atoms with Gasteiger partial charge in [-0.2, -0.15) is 0 Å². The minimum absolute atomic E-state index is 0.635. The second-order valence-corrected chi connectivity index (χ2v) is 5.69. The molecule has 0 aliphatic heterocycles. The molecule has 1 rings (SSSR count). The van der Waals surface area contributed by atoms with Crippen LogP contribution in [0.1, 0.15) is 46.0 Å². The van der Waals surface area contributed by atoms with E-state index in [-0.39, 0.29) is 0 Å². The van der Waals surface area contributed by atoms with Crippen LogP contribution in [0.2, 0.25) is 0 Å². The highest BCUT2D eigenvalue weighted by Gasteiger charge is 2.18. The Kier molecular flexibility index (Phi) is 7.06. The lowest BCUT2D eigenvalue weighted by molar-refractivity contribution is 0.158. The van der Waals surface area contributed by atoms with Gasteiger partial charge >= 0.3 is 0 Å². The van der Waals surface area contributed by atoms with E-state index in [4.69, 9.17) is 4.74 Å². The first-order valence-electron chi connectivity index (χ1n) is 6.92.